The second-order valence-corrected chi connectivity index (χ2v) is 2.80. The third kappa shape index (κ3) is 1.18. The third-order valence-corrected chi connectivity index (χ3v) is 1.95. The van der Waals surface area contributed by atoms with Crippen molar-refractivity contribution in [3.05, 3.63) is 11.6 Å². The van der Waals surface area contributed by atoms with Gasteiger partial charge in [-0.3, -0.25) is 4.99 Å². The fraction of sp³-hybridized carbons (Fsp3) is 0.286. The zero-order valence-corrected chi connectivity index (χ0v) is 6.74. The molecule has 12 heavy (non-hydrogen) atoms. The van der Waals surface area contributed by atoms with Crippen LogP contribution in [0.5, 0.6) is 0 Å². The van der Waals surface area contributed by atoms with Crippen molar-refractivity contribution < 1.29 is 4.39 Å². The molecule has 2 heterocycles. The number of rotatable bonds is 0. The van der Waals surface area contributed by atoms with Crippen LogP contribution in [0.4, 0.5) is 4.39 Å². The number of dihydropyridines is 1. The molecule has 2 unspecified atom stereocenters. The van der Waals surface area contributed by atoms with E-state index in [-0.39, 0.29) is 0 Å². The molecule has 0 amide bonds. The van der Waals surface area contributed by atoms with Crippen LogP contribution in [0.2, 0.25) is 0 Å². The lowest BCUT2D eigenvalue weighted by Crippen LogP contribution is -2.22. The fourth-order valence-corrected chi connectivity index (χ4v) is 1.27. The van der Waals surface area contributed by atoms with Crippen molar-refractivity contribution in [3.8, 4) is 0 Å². The van der Waals surface area contributed by atoms with E-state index in [1.807, 2.05) is 0 Å². The van der Waals surface area contributed by atoms with Crippen molar-refractivity contribution >= 4 is 29.9 Å². The Morgan fingerprint density at radius 1 is 1.42 bits per heavy atom. The maximum absolute atomic E-state index is 12.7. The van der Waals surface area contributed by atoms with E-state index >= 15 is 0 Å². The first-order valence-electron chi connectivity index (χ1n) is 3.40. The lowest BCUT2D eigenvalue weighted by Gasteiger charge is -2.16. The highest BCUT2D eigenvalue weighted by Gasteiger charge is 2.21. The van der Waals surface area contributed by atoms with Crippen LogP contribution >= 0.6 is 11.6 Å². The molecule has 2 aliphatic heterocycles. The van der Waals surface area contributed by atoms with Crippen molar-refractivity contribution in [2.45, 2.75) is 11.8 Å². The fourth-order valence-electron chi connectivity index (χ4n) is 1.04. The molecule has 0 aromatic rings. The van der Waals surface area contributed by atoms with Gasteiger partial charge in [-0.15, -0.1) is 0 Å². The Morgan fingerprint density at radius 3 is 3.08 bits per heavy atom. The zero-order chi connectivity index (χ0) is 8.55. The smallest absolute Gasteiger partial charge is 0.209 e. The quantitative estimate of drug-likeness (QED) is 0.404. The summed E-state index contributed by atoms with van der Waals surface area (Å²) >= 11 is 5.78. The molecule has 0 saturated heterocycles. The monoisotopic (exact) mass is 185 g/mol. The number of aliphatic imine (C=N–C) groups is 3. The predicted molar refractivity (Wildman–Crippen MR) is 47.0 cm³/mol. The summed E-state index contributed by atoms with van der Waals surface area (Å²) in [4.78, 5) is 11.2. The minimum Gasteiger partial charge on any atom is -0.251 e. The lowest BCUT2D eigenvalue weighted by molar-refractivity contribution is 0.414. The summed E-state index contributed by atoms with van der Waals surface area (Å²) in [7, 11) is 0. The highest BCUT2D eigenvalue weighted by molar-refractivity contribution is 6.44. The molecule has 0 spiro atoms. The van der Waals surface area contributed by atoms with Gasteiger partial charge in [-0.25, -0.2) is 14.4 Å². The van der Waals surface area contributed by atoms with E-state index < -0.39 is 11.8 Å². The van der Waals surface area contributed by atoms with E-state index in [0.29, 0.717) is 11.3 Å². The van der Waals surface area contributed by atoms with Crippen LogP contribution < -0.4 is 0 Å². The van der Waals surface area contributed by atoms with Crippen LogP contribution in [0.15, 0.2) is 26.6 Å². The van der Waals surface area contributed by atoms with E-state index in [2.05, 4.69) is 15.0 Å². The molecular weight excluding hydrogens is 181 g/mol. The SMILES string of the molecule is FC1C=C2C(=NC=NC2Cl)C=N1. The number of halogens is 2. The molecule has 0 saturated carbocycles. The van der Waals surface area contributed by atoms with Crippen LogP contribution in [0, 0.1) is 0 Å². The second kappa shape index (κ2) is 2.79. The summed E-state index contributed by atoms with van der Waals surface area (Å²) in [5, 5.41) is 0. The van der Waals surface area contributed by atoms with Gasteiger partial charge in [0.1, 0.15) is 6.34 Å². The first kappa shape index (κ1) is 7.61. The van der Waals surface area contributed by atoms with Gasteiger partial charge in [-0.05, 0) is 6.08 Å². The van der Waals surface area contributed by atoms with Gasteiger partial charge in [0, 0.05) is 5.57 Å². The van der Waals surface area contributed by atoms with E-state index in [0.717, 1.165) is 0 Å². The molecule has 62 valence electrons. The summed E-state index contributed by atoms with van der Waals surface area (Å²) in [6, 6.07) is 0. The van der Waals surface area contributed by atoms with Gasteiger partial charge < -0.3 is 0 Å². The highest BCUT2D eigenvalue weighted by Crippen LogP contribution is 2.20. The molecule has 0 fully saturated rings. The van der Waals surface area contributed by atoms with Gasteiger partial charge >= 0.3 is 0 Å². The van der Waals surface area contributed by atoms with Gasteiger partial charge in [0.2, 0.25) is 6.30 Å². The largest absolute Gasteiger partial charge is 0.251 e. The summed E-state index contributed by atoms with van der Waals surface area (Å²) in [5.74, 6) is 0. The normalized spacial score (nSPS) is 32.5. The van der Waals surface area contributed by atoms with Crippen LogP contribution in [-0.4, -0.2) is 30.1 Å². The number of nitrogens with zero attached hydrogens (tertiary/aromatic N) is 3. The first-order chi connectivity index (χ1) is 5.77. The topological polar surface area (TPSA) is 37.1 Å². The van der Waals surface area contributed by atoms with Crippen LogP contribution in [-0.2, 0) is 0 Å². The Bertz CT molecular complexity index is 319. The molecule has 0 aromatic heterocycles. The van der Waals surface area contributed by atoms with E-state index in [1.54, 1.807) is 0 Å². The summed E-state index contributed by atoms with van der Waals surface area (Å²) < 4.78 is 12.7. The molecule has 5 heteroatoms. The minimum atomic E-state index is -1.31. The average molecular weight is 186 g/mol. The van der Waals surface area contributed by atoms with Crippen molar-refractivity contribution in [1.82, 2.24) is 0 Å². The number of hydrogen-bond donors (Lipinski definition) is 0. The Hall–Kier alpha value is -1.03. The van der Waals surface area contributed by atoms with E-state index in [9.17, 15) is 4.39 Å². The van der Waals surface area contributed by atoms with Gasteiger partial charge in [-0.2, -0.15) is 0 Å². The summed E-state index contributed by atoms with van der Waals surface area (Å²) in [5.41, 5.74) is 0.670. The van der Waals surface area contributed by atoms with Crippen LogP contribution in [0.1, 0.15) is 0 Å². The van der Waals surface area contributed by atoms with Crippen molar-refractivity contribution in [3.63, 3.8) is 0 Å². The standard InChI is InChI=1S/C7H5ClFN3/c8-7-4-1-6(9)10-2-5(4)11-3-12-7/h1-3,6-7H. The maximum Gasteiger partial charge on any atom is 0.209 e. The first-order valence-corrected chi connectivity index (χ1v) is 3.84. The van der Waals surface area contributed by atoms with E-state index in [4.69, 9.17) is 11.6 Å². The molecule has 0 aromatic carbocycles. The van der Waals surface area contributed by atoms with Gasteiger partial charge in [-0.1, -0.05) is 11.6 Å². The van der Waals surface area contributed by atoms with Gasteiger partial charge in [0.05, 0.1) is 11.9 Å². The molecule has 2 atom stereocenters. The lowest BCUT2D eigenvalue weighted by atomic mass is 10.1. The highest BCUT2D eigenvalue weighted by atomic mass is 35.5. The second-order valence-electron chi connectivity index (χ2n) is 2.39. The average Bonchev–Trinajstić information content (AvgIpc) is 2.07. The van der Waals surface area contributed by atoms with Crippen molar-refractivity contribution in [2.24, 2.45) is 15.0 Å². The van der Waals surface area contributed by atoms with E-state index in [1.165, 1.54) is 18.6 Å². The van der Waals surface area contributed by atoms with Crippen LogP contribution in [0.3, 0.4) is 0 Å². The van der Waals surface area contributed by atoms with Gasteiger partial charge in [0.25, 0.3) is 0 Å². The summed E-state index contributed by atoms with van der Waals surface area (Å²) in [6.45, 7) is 0. The summed E-state index contributed by atoms with van der Waals surface area (Å²) in [6.07, 6.45) is 2.75. The molecule has 3 nitrogen and oxygen atoms in total. The molecule has 2 aliphatic rings. The van der Waals surface area contributed by atoms with Crippen LogP contribution in [0.25, 0.3) is 0 Å². The molecular formula is C7H5ClFN3. The Morgan fingerprint density at radius 2 is 2.25 bits per heavy atom. The predicted octanol–water partition coefficient (Wildman–Crippen LogP) is 1.34. The number of fused-ring (bicyclic) bond motifs is 1. The van der Waals surface area contributed by atoms with Gasteiger partial charge in [0.15, 0.2) is 5.50 Å². The zero-order valence-electron chi connectivity index (χ0n) is 5.98. The maximum atomic E-state index is 12.7. The third-order valence-electron chi connectivity index (χ3n) is 1.60. The molecule has 0 N–H and O–H groups in total. The molecule has 0 aliphatic carbocycles. The Labute approximate surface area is 73.4 Å². The Balaban J connectivity index is 2.40. The minimum absolute atomic E-state index is 0.525. The number of hydrogen-bond acceptors (Lipinski definition) is 3. The van der Waals surface area contributed by atoms with Crippen molar-refractivity contribution in [1.29, 1.82) is 0 Å². The molecule has 0 radical (unpaired) electrons. The number of alkyl halides is 2. The molecule has 0 bridgehead atoms. The molecule has 2 rings (SSSR count). The Kier molecular flexibility index (Phi) is 1.77. The van der Waals surface area contributed by atoms with Crippen molar-refractivity contribution in [2.75, 3.05) is 0 Å².